The lowest BCUT2D eigenvalue weighted by Gasteiger charge is -2.31. The van der Waals surface area contributed by atoms with Gasteiger partial charge in [0.15, 0.2) is 0 Å². The molecule has 31 heavy (non-hydrogen) atoms. The molecule has 0 radical (unpaired) electrons. The average molecular weight is 413 g/mol. The number of piperidine rings is 1. The zero-order valence-corrected chi connectivity index (χ0v) is 17.1. The van der Waals surface area contributed by atoms with E-state index in [-0.39, 0.29) is 11.8 Å². The highest BCUT2D eigenvalue weighted by molar-refractivity contribution is 5.92. The van der Waals surface area contributed by atoms with E-state index in [0.717, 1.165) is 43.9 Å². The van der Waals surface area contributed by atoms with Crippen molar-refractivity contribution in [2.24, 2.45) is 5.92 Å². The number of aromatic nitrogens is 5. The Morgan fingerprint density at radius 2 is 1.90 bits per heavy atom. The lowest BCUT2D eigenvalue weighted by atomic mass is 9.95. The number of hydrogen-bond donors (Lipinski definition) is 1. The molecule has 8 nitrogen and oxygen atoms in total. The van der Waals surface area contributed by atoms with Gasteiger partial charge in [-0.3, -0.25) is 14.7 Å². The Labute approximate surface area is 179 Å². The Morgan fingerprint density at radius 1 is 1.06 bits per heavy atom. The molecule has 8 heteroatoms. The molecule has 5 rings (SSSR count). The van der Waals surface area contributed by atoms with Crippen LogP contribution in [0, 0.1) is 5.92 Å². The number of fused-ring (bicyclic) bond motifs is 1. The molecule has 2 aromatic carbocycles. The molecule has 1 aliphatic heterocycles. The molecule has 2 aromatic heterocycles. The molecule has 1 amide bonds. The number of nitrogens with zero attached hydrogens (tertiary/aromatic N) is 6. The molecule has 1 aliphatic rings. The molecule has 1 fully saturated rings. The SMILES string of the molecule is O=C(Nc1ccc(-n2cnnn2)cc1)C1CCN(Cc2cccc3cnccc23)CC1. The number of tetrazole rings is 1. The Kier molecular flexibility index (Phi) is 5.37. The molecule has 0 aliphatic carbocycles. The number of anilines is 1. The summed E-state index contributed by atoms with van der Waals surface area (Å²) in [4.78, 5) is 19.4. The van der Waals surface area contributed by atoms with Gasteiger partial charge in [0.2, 0.25) is 5.91 Å². The molecular weight excluding hydrogens is 390 g/mol. The minimum atomic E-state index is 0.0344. The second-order valence-corrected chi connectivity index (χ2v) is 7.85. The first-order valence-corrected chi connectivity index (χ1v) is 10.4. The van der Waals surface area contributed by atoms with E-state index in [1.165, 1.54) is 22.7 Å². The summed E-state index contributed by atoms with van der Waals surface area (Å²) in [5.74, 6) is 0.123. The molecule has 1 saturated heterocycles. The lowest BCUT2D eigenvalue weighted by Crippen LogP contribution is -2.37. The van der Waals surface area contributed by atoms with Crippen LogP contribution in [0.2, 0.25) is 0 Å². The van der Waals surface area contributed by atoms with Gasteiger partial charge in [0, 0.05) is 35.9 Å². The average Bonchev–Trinajstić information content (AvgIpc) is 3.35. The smallest absolute Gasteiger partial charge is 0.227 e. The summed E-state index contributed by atoms with van der Waals surface area (Å²) >= 11 is 0. The normalized spacial score (nSPS) is 15.2. The van der Waals surface area contributed by atoms with E-state index in [9.17, 15) is 4.79 Å². The summed E-state index contributed by atoms with van der Waals surface area (Å²) in [6.45, 7) is 2.73. The highest BCUT2D eigenvalue weighted by Gasteiger charge is 2.25. The molecular formula is C23H23N7O. The van der Waals surface area contributed by atoms with Crippen molar-refractivity contribution < 1.29 is 4.79 Å². The summed E-state index contributed by atoms with van der Waals surface area (Å²) in [5, 5.41) is 16.6. The Balaban J connectivity index is 1.16. The maximum Gasteiger partial charge on any atom is 0.227 e. The van der Waals surface area contributed by atoms with E-state index < -0.39 is 0 Å². The third kappa shape index (κ3) is 4.29. The number of pyridine rings is 1. The van der Waals surface area contributed by atoms with E-state index >= 15 is 0 Å². The van der Waals surface area contributed by atoms with Gasteiger partial charge in [-0.15, -0.1) is 5.10 Å². The number of nitrogens with one attached hydrogen (secondary N) is 1. The molecule has 1 N–H and O–H groups in total. The fourth-order valence-electron chi connectivity index (χ4n) is 4.14. The Hall–Kier alpha value is -3.65. The van der Waals surface area contributed by atoms with Crippen LogP contribution in [0.15, 0.2) is 67.3 Å². The fraction of sp³-hybridized carbons (Fsp3) is 0.261. The number of benzene rings is 2. The largest absolute Gasteiger partial charge is 0.326 e. The van der Waals surface area contributed by atoms with Crippen LogP contribution >= 0.6 is 0 Å². The van der Waals surface area contributed by atoms with Gasteiger partial charge in [-0.2, -0.15) is 0 Å². The van der Waals surface area contributed by atoms with Crippen molar-refractivity contribution in [3.63, 3.8) is 0 Å². The second-order valence-electron chi connectivity index (χ2n) is 7.85. The summed E-state index contributed by atoms with van der Waals surface area (Å²) in [7, 11) is 0. The van der Waals surface area contributed by atoms with E-state index in [2.05, 4.69) is 55.0 Å². The van der Waals surface area contributed by atoms with Crippen LogP contribution < -0.4 is 5.32 Å². The number of amides is 1. The molecule has 0 atom stereocenters. The Bertz CT molecular complexity index is 1160. The van der Waals surface area contributed by atoms with Crippen LogP contribution in [0.5, 0.6) is 0 Å². The van der Waals surface area contributed by atoms with Gasteiger partial charge in [0.25, 0.3) is 0 Å². The van der Waals surface area contributed by atoms with Gasteiger partial charge in [-0.25, -0.2) is 4.68 Å². The van der Waals surface area contributed by atoms with Crippen LogP contribution in [0.1, 0.15) is 18.4 Å². The molecule has 156 valence electrons. The van der Waals surface area contributed by atoms with Crippen molar-refractivity contribution in [1.29, 1.82) is 0 Å². The number of rotatable bonds is 5. The maximum atomic E-state index is 12.7. The van der Waals surface area contributed by atoms with Crippen LogP contribution in [0.3, 0.4) is 0 Å². The summed E-state index contributed by atoms with van der Waals surface area (Å²) < 4.78 is 1.58. The first kappa shape index (κ1) is 19.3. The molecule has 3 heterocycles. The predicted octanol–water partition coefficient (Wildman–Crippen LogP) is 3.06. The maximum absolute atomic E-state index is 12.7. The van der Waals surface area contributed by atoms with Crippen molar-refractivity contribution in [3.05, 3.63) is 72.8 Å². The second kappa shape index (κ2) is 8.61. The molecule has 4 aromatic rings. The van der Waals surface area contributed by atoms with Crippen molar-refractivity contribution >= 4 is 22.4 Å². The van der Waals surface area contributed by atoms with Crippen molar-refractivity contribution in [1.82, 2.24) is 30.1 Å². The van der Waals surface area contributed by atoms with E-state index in [1.54, 1.807) is 4.68 Å². The quantitative estimate of drug-likeness (QED) is 0.541. The first-order chi connectivity index (χ1) is 15.3. The summed E-state index contributed by atoms with van der Waals surface area (Å²) in [5.41, 5.74) is 2.94. The van der Waals surface area contributed by atoms with Gasteiger partial charge in [-0.1, -0.05) is 18.2 Å². The third-order valence-electron chi connectivity index (χ3n) is 5.87. The number of carbonyl (C=O) groups is 1. The zero-order chi connectivity index (χ0) is 21.0. The van der Waals surface area contributed by atoms with Crippen LogP contribution in [-0.2, 0) is 11.3 Å². The zero-order valence-electron chi connectivity index (χ0n) is 17.1. The first-order valence-electron chi connectivity index (χ1n) is 10.4. The van der Waals surface area contributed by atoms with Crippen molar-refractivity contribution in [2.75, 3.05) is 18.4 Å². The molecule has 0 bridgehead atoms. The lowest BCUT2D eigenvalue weighted by molar-refractivity contribution is -0.121. The van der Waals surface area contributed by atoms with Gasteiger partial charge in [0.05, 0.1) is 5.69 Å². The van der Waals surface area contributed by atoms with Crippen LogP contribution in [0.4, 0.5) is 5.69 Å². The minimum absolute atomic E-state index is 0.0344. The fourth-order valence-corrected chi connectivity index (χ4v) is 4.14. The summed E-state index contributed by atoms with van der Waals surface area (Å²) in [6, 6.07) is 16.0. The number of hydrogen-bond acceptors (Lipinski definition) is 6. The highest BCUT2D eigenvalue weighted by Crippen LogP contribution is 2.24. The van der Waals surface area contributed by atoms with E-state index in [1.807, 2.05) is 36.7 Å². The van der Waals surface area contributed by atoms with Crippen molar-refractivity contribution in [3.8, 4) is 5.69 Å². The number of carbonyl (C=O) groups excluding carboxylic acids is 1. The molecule has 0 spiro atoms. The topological polar surface area (TPSA) is 88.8 Å². The standard InChI is InChI=1S/C23H23N7O/c31-23(26-20-4-6-21(7-5-20)30-16-25-27-28-30)17-9-12-29(13-10-17)15-19-3-1-2-18-14-24-11-8-22(18)19/h1-8,11,14,16-17H,9-10,12-13,15H2,(H,26,31). The van der Waals surface area contributed by atoms with Crippen molar-refractivity contribution in [2.45, 2.75) is 19.4 Å². The predicted molar refractivity (Wildman–Crippen MR) is 118 cm³/mol. The van der Waals surface area contributed by atoms with Gasteiger partial charge < -0.3 is 5.32 Å². The number of likely N-dealkylation sites (tertiary alicyclic amines) is 1. The molecule has 0 unspecified atom stereocenters. The van der Waals surface area contributed by atoms with E-state index in [0.29, 0.717) is 0 Å². The van der Waals surface area contributed by atoms with Crippen LogP contribution in [-0.4, -0.2) is 49.1 Å². The Morgan fingerprint density at radius 3 is 2.68 bits per heavy atom. The summed E-state index contributed by atoms with van der Waals surface area (Å²) in [6.07, 6.45) is 7.01. The van der Waals surface area contributed by atoms with E-state index in [4.69, 9.17) is 0 Å². The molecule has 0 saturated carbocycles. The highest BCUT2D eigenvalue weighted by atomic mass is 16.1. The van der Waals surface area contributed by atoms with Gasteiger partial charge in [-0.05, 0) is 77.6 Å². The van der Waals surface area contributed by atoms with Gasteiger partial charge in [0.1, 0.15) is 6.33 Å². The van der Waals surface area contributed by atoms with Gasteiger partial charge >= 0.3 is 0 Å². The van der Waals surface area contributed by atoms with Crippen LogP contribution in [0.25, 0.3) is 16.5 Å². The monoisotopic (exact) mass is 413 g/mol. The third-order valence-corrected chi connectivity index (χ3v) is 5.87. The minimum Gasteiger partial charge on any atom is -0.326 e.